The van der Waals surface area contributed by atoms with Crippen LogP contribution in [0.1, 0.15) is 65.4 Å². The second-order valence-electron chi connectivity index (χ2n) is 9.08. The van der Waals surface area contributed by atoms with Crippen molar-refractivity contribution >= 4 is 17.7 Å². The molecule has 1 aliphatic heterocycles. The fraction of sp³-hybridized carbons (Fsp3) is 0.519. The molecule has 34 heavy (non-hydrogen) atoms. The first-order valence-electron chi connectivity index (χ1n) is 12.0. The zero-order chi connectivity index (χ0) is 25.0. The number of benzene rings is 1. The van der Waals surface area contributed by atoms with Gasteiger partial charge in [-0.1, -0.05) is 32.9 Å². The molecule has 3 rings (SSSR count). The first-order valence-corrected chi connectivity index (χ1v) is 12.0. The summed E-state index contributed by atoms with van der Waals surface area (Å²) in [5.41, 5.74) is 2.97. The Morgan fingerprint density at radius 1 is 1.18 bits per heavy atom. The molecule has 1 aromatic rings. The monoisotopic (exact) mass is 469 g/mol. The molecule has 0 bridgehead atoms. The average Bonchev–Trinajstić information content (AvgIpc) is 2.81. The van der Waals surface area contributed by atoms with Crippen molar-refractivity contribution in [3.63, 3.8) is 0 Å². The SMILES string of the molecule is CCCOc1ccc([C@H]2C(C(=O)O[C@@H](C)CC)=C(C)NC3=C2C(=O)[C@@H](C(=O)OC)[C@@H](C)C3)cc1. The number of carbonyl (C=O) groups excluding carboxylic acids is 3. The lowest BCUT2D eigenvalue weighted by atomic mass is 9.69. The van der Waals surface area contributed by atoms with Crippen LogP contribution in [0.3, 0.4) is 0 Å². The van der Waals surface area contributed by atoms with Crippen molar-refractivity contribution in [3.8, 4) is 5.75 Å². The molecule has 0 radical (unpaired) electrons. The first-order chi connectivity index (χ1) is 16.2. The lowest BCUT2D eigenvalue weighted by Gasteiger charge is -2.38. The van der Waals surface area contributed by atoms with Crippen LogP contribution < -0.4 is 10.1 Å². The van der Waals surface area contributed by atoms with E-state index in [1.165, 1.54) is 7.11 Å². The Morgan fingerprint density at radius 3 is 2.44 bits per heavy atom. The summed E-state index contributed by atoms with van der Waals surface area (Å²) in [6, 6.07) is 7.42. The van der Waals surface area contributed by atoms with Gasteiger partial charge in [-0.05, 0) is 56.7 Å². The van der Waals surface area contributed by atoms with Gasteiger partial charge in [-0.25, -0.2) is 4.79 Å². The number of methoxy groups -OCH3 is 1. The van der Waals surface area contributed by atoms with Gasteiger partial charge in [0.05, 0.1) is 25.4 Å². The molecule has 7 nitrogen and oxygen atoms in total. The van der Waals surface area contributed by atoms with E-state index in [1.54, 1.807) is 0 Å². The number of rotatable bonds is 8. The predicted octanol–water partition coefficient (Wildman–Crippen LogP) is 4.43. The van der Waals surface area contributed by atoms with E-state index < -0.39 is 23.8 Å². The lowest BCUT2D eigenvalue weighted by Crippen LogP contribution is -2.43. The molecular formula is C27H35NO6. The summed E-state index contributed by atoms with van der Waals surface area (Å²) in [5, 5.41) is 3.28. The summed E-state index contributed by atoms with van der Waals surface area (Å²) in [4.78, 5) is 39.5. The van der Waals surface area contributed by atoms with E-state index in [-0.39, 0.29) is 17.8 Å². The number of allylic oxidation sites excluding steroid dienone is 3. The molecule has 1 N–H and O–H groups in total. The fourth-order valence-corrected chi connectivity index (χ4v) is 4.59. The second-order valence-corrected chi connectivity index (χ2v) is 9.08. The summed E-state index contributed by atoms with van der Waals surface area (Å²) in [5.74, 6) is -2.41. The van der Waals surface area contributed by atoms with Gasteiger partial charge in [0.15, 0.2) is 5.78 Å². The van der Waals surface area contributed by atoms with Crippen LogP contribution >= 0.6 is 0 Å². The minimum absolute atomic E-state index is 0.224. The molecule has 0 unspecified atom stereocenters. The van der Waals surface area contributed by atoms with Gasteiger partial charge in [-0.15, -0.1) is 0 Å². The van der Waals surface area contributed by atoms with Crippen LogP contribution in [0.2, 0.25) is 0 Å². The second kappa shape index (κ2) is 10.9. The zero-order valence-electron chi connectivity index (χ0n) is 20.9. The van der Waals surface area contributed by atoms with E-state index in [0.717, 1.165) is 17.7 Å². The quantitative estimate of drug-likeness (QED) is 0.445. The summed E-state index contributed by atoms with van der Waals surface area (Å²) in [7, 11) is 1.29. The Kier molecular flexibility index (Phi) is 8.18. The molecule has 0 spiro atoms. The van der Waals surface area contributed by atoms with E-state index in [0.29, 0.717) is 42.0 Å². The Balaban J connectivity index is 2.11. The van der Waals surface area contributed by atoms with Crippen molar-refractivity contribution in [1.82, 2.24) is 5.32 Å². The standard InChI is InChI=1S/C27H35NO6/c1-7-13-33-19-11-9-18(10-12-19)23-22(27(31)34-16(4)8-2)17(5)28-20-14-15(3)21(26(30)32-6)25(29)24(20)23/h9-12,15-16,21,23,28H,7-8,13-14H2,1-6H3/t15-,16-,21-,23-/m0/s1. The average molecular weight is 470 g/mol. The van der Waals surface area contributed by atoms with Crippen molar-refractivity contribution in [1.29, 1.82) is 0 Å². The van der Waals surface area contributed by atoms with Crippen LogP contribution in [0.4, 0.5) is 0 Å². The van der Waals surface area contributed by atoms with Gasteiger partial charge in [0, 0.05) is 22.9 Å². The molecule has 1 aromatic carbocycles. The van der Waals surface area contributed by atoms with Crippen molar-refractivity contribution in [3.05, 3.63) is 52.4 Å². The highest BCUT2D eigenvalue weighted by Gasteiger charge is 2.47. The normalized spacial score (nSPS) is 23.1. The molecule has 4 atom stereocenters. The molecular weight excluding hydrogens is 434 g/mol. The summed E-state index contributed by atoms with van der Waals surface area (Å²) >= 11 is 0. The molecule has 184 valence electrons. The highest BCUT2D eigenvalue weighted by atomic mass is 16.5. The van der Waals surface area contributed by atoms with E-state index in [9.17, 15) is 14.4 Å². The number of ketones is 1. The van der Waals surface area contributed by atoms with Crippen molar-refractivity contribution in [2.45, 2.75) is 65.9 Å². The maximum Gasteiger partial charge on any atom is 0.337 e. The van der Waals surface area contributed by atoms with Gasteiger partial charge in [-0.2, -0.15) is 0 Å². The first kappa shape index (κ1) is 25.5. The van der Waals surface area contributed by atoms with Crippen LogP contribution in [0.15, 0.2) is 46.8 Å². The minimum Gasteiger partial charge on any atom is -0.494 e. The van der Waals surface area contributed by atoms with Crippen molar-refractivity contribution in [2.24, 2.45) is 11.8 Å². The van der Waals surface area contributed by atoms with E-state index in [2.05, 4.69) is 5.32 Å². The van der Waals surface area contributed by atoms with Crippen LogP contribution in [0, 0.1) is 11.8 Å². The van der Waals surface area contributed by atoms with Gasteiger partial charge in [0.2, 0.25) is 0 Å². The number of hydrogen-bond acceptors (Lipinski definition) is 7. The highest BCUT2D eigenvalue weighted by Crippen LogP contribution is 2.45. The van der Waals surface area contributed by atoms with Gasteiger partial charge in [-0.3, -0.25) is 9.59 Å². The third-order valence-electron chi connectivity index (χ3n) is 6.53. The number of nitrogens with one attached hydrogen (secondary N) is 1. The Hall–Kier alpha value is -3.09. The van der Waals surface area contributed by atoms with Crippen LogP contribution in [-0.2, 0) is 23.9 Å². The number of Topliss-reactive ketones (excluding diaryl/α,β-unsaturated/α-hetero) is 1. The smallest absolute Gasteiger partial charge is 0.337 e. The molecule has 0 saturated carbocycles. The van der Waals surface area contributed by atoms with Gasteiger partial charge in [0.1, 0.15) is 11.7 Å². The Labute approximate surface area is 201 Å². The van der Waals surface area contributed by atoms with E-state index in [1.807, 2.05) is 58.9 Å². The Morgan fingerprint density at radius 2 is 1.85 bits per heavy atom. The van der Waals surface area contributed by atoms with E-state index >= 15 is 0 Å². The van der Waals surface area contributed by atoms with E-state index in [4.69, 9.17) is 14.2 Å². The lowest BCUT2D eigenvalue weighted by molar-refractivity contribution is -0.151. The maximum absolute atomic E-state index is 13.7. The molecule has 7 heteroatoms. The largest absolute Gasteiger partial charge is 0.494 e. The zero-order valence-corrected chi connectivity index (χ0v) is 20.9. The van der Waals surface area contributed by atoms with Crippen molar-refractivity contribution < 1.29 is 28.6 Å². The van der Waals surface area contributed by atoms with Gasteiger partial charge >= 0.3 is 11.9 Å². The summed E-state index contributed by atoms with van der Waals surface area (Å²) in [6.07, 6.45) is 1.80. The van der Waals surface area contributed by atoms with Crippen LogP contribution in [-0.4, -0.2) is 37.5 Å². The number of dihydropyridines is 1. The number of carbonyl (C=O) groups is 3. The van der Waals surface area contributed by atoms with Crippen LogP contribution in [0.25, 0.3) is 0 Å². The summed E-state index contributed by atoms with van der Waals surface area (Å²) < 4.78 is 16.3. The molecule has 0 fully saturated rings. The highest BCUT2D eigenvalue weighted by molar-refractivity contribution is 6.12. The third kappa shape index (κ3) is 5.03. The molecule has 0 amide bonds. The van der Waals surface area contributed by atoms with Gasteiger partial charge < -0.3 is 19.5 Å². The number of hydrogen-bond donors (Lipinski definition) is 1. The number of ether oxygens (including phenoxy) is 3. The molecule has 0 saturated heterocycles. The fourth-order valence-electron chi connectivity index (χ4n) is 4.59. The molecule has 1 heterocycles. The topological polar surface area (TPSA) is 90.9 Å². The molecule has 0 aromatic heterocycles. The predicted molar refractivity (Wildman–Crippen MR) is 128 cm³/mol. The summed E-state index contributed by atoms with van der Waals surface area (Å²) in [6.45, 7) is 10.1. The maximum atomic E-state index is 13.7. The van der Waals surface area contributed by atoms with Gasteiger partial charge in [0.25, 0.3) is 0 Å². The molecule has 1 aliphatic carbocycles. The van der Waals surface area contributed by atoms with Crippen LogP contribution in [0.5, 0.6) is 5.75 Å². The minimum atomic E-state index is -0.912. The third-order valence-corrected chi connectivity index (χ3v) is 6.53. The number of esters is 2. The molecule has 2 aliphatic rings. The van der Waals surface area contributed by atoms with Crippen molar-refractivity contribution in [2.75, 3.05) is 13.7 Å². The Bertz CT molecular complexity index is 1010.